The molecular weight excluding hydrogens is 765 g/mol. The zero-order valence-corrected chi connectivity index (χ0v) is 34.1. The quantitative estimate of drug-likeness (QED) is 0.174. The Hall–Kier alpha value is -7.75. The molecule has 0 radical (unpaired) electrons. The van der Waals surface area contributed by atoms with Gasteiger partial charge in [0.15, 0.2) is 47.0 Å². The average molecular weight is 801 g/mol. The van der Waals surface area contributed by atoms with E-state index in [9.17, 15) is 0 Å². The molecule has 8 aromatic carbocycles. The molecule has 0 fully saturated rings. The minimum Gasteiger partial charge on any atom is -0.265 e. The van der Waals surface area contributed by atoms with Gasteiger partial charge in [0.2, 0.25) is 0 Å². The molecule has 62 heavy (non-hydrogen) atoms. The molecule has 5 heterocycles. The molecule has 294 valence electrons. The monoisotopic (exact) mass is 800 g/mol. The van der Waals surface area contributed by atoms with Gasteiger partial charge in [0.1, 0.15) is 0 Å². The number of hydrogen-bond acceptors (Lipinski definition) is 9. The fourth-order valence-corrected chi connectivity index (χ4v) is 9.06. The Bertz CT molecular complexity index is 3580. The standard InChI is InChI=1S/C53H36N8O/c1-53(2,3)28-62-61-51-43-26-35-18-10-8-16-33(35)24-41(43)49(59-51)57-47-39-22-31-14-6-4-12-29(31)20-37(39)45(55-47)54-46-38-21-30-13-5-7-15-32(30)23-40(38)48(56-46)58-50-42-25-34-17-9-11-19-36(34)27-44(42)52(61)60-50/h4-27,45H,28H2,1-3H3. The van der Waals surface area contributed by atoms with E-state index in [1.165, 1.54) is 0 Å². The van der Waals surface area contributed by atoms with Crippen molar-refractivity contribution in [3.05, 3.63) is 190 Å². The number of benzene rings is 8. The first kappa shape index (κ1) is 35.0. The van der Waals surface area contributed by atoms with E-state index < -0.39 is 6.17 Å². The van der Waals surface area contributed by atoms with Crippen molar-refractivity contribution in [2.24, 2.45) is 40.4 Å². The summed E-state index contributed by atoms with van der Waals surface area (Å²) in [5, 5.41) is 10.5. The van der Waals surface area contributed by atoms with Gasteiger partial charge in [0.05, 0.1) is 6.61 Å². The van der Waals surface area contributed by atoms with Gasteiger partial charge in [0, 0.05) is 44.5 Å². The highest BCUT2D eigenvalue weighted by atomic mass is 16.7. The second-order valence-corrected chi connectivity index (χ2v) is 17.6. The van der Waals surface area contributed by atoms with E-state index in [1.807, 2.05) is 5.06 Å². The van der Waals surface area contributed by atoms with Crippen LogP contribution in [0.1, 0.15) is 71.4 Å². The van der Waals surface area contributed by atoms with Crippen LogP contribution in [0, 0.1) is 5.41 Å². The number of hydrogen-bond donors (Lipinski definition) is 0. The van der Waals surface area contributed by atoms with Crippen LogP contribution >= 0.6 is 0 Å². The highest BCUT2D eigenvalue weighted by Crippen LogP contribution is 2.39. The molecular formula is C53H36N8O. The Balaban J connectivity index is 1.13. The van der Waals surface area contributed by atoms with Crippen molar-refractivity contribution < 1.29 is 4.84 Å². The van der Waals surface area contributed by atoms with E-state index in [0.29, 0.717) is 47.5 Å². The fraction of sp³-hybridized carbons (Fsp3) is 0.113. The third-order valence-electron chi connectivity index (χ3n) is 12.1. The van der Waals surface area contributed by atoms with Gasteiger partial charge in [-0.05, 0) is 97.0 Å². The number of nitrogens with zero attached hydrogens (tertiary/aromatic N) is 8. The van der Waals surface area contributed by atoms with Crippen LogP contribution in [0.2, 0.25) is 0 Å². The predicted molar refractivity (Wildman–Crippen MR) is 252 cm³/mol. The Labute approximate surface area is 356 Å². The molecule has 0 amide bonds. The van der Waals surface area contributed by atoms with Gasteiger partial charge >= 0.3 is 0 Å². The van der Waals surface area contributed by atoms with Crippen molar-refractivity contribution in [1.29, 1.82) is 0 Å². The molecule has 9 nitrogen and oxygen atoms in total. The molecule has 0 N–H and O–H groups in total. The summed E-state index contributed by atoms with van der Waals surface area (Å²) in [6, 6.07) is 50.8. The van der Waals surface area contributed by atoms with Gasteiger partial charge in [-0.3, -0.25) is 4.84 Å². The van der Waals surface area contributed by atoms with Crippen molar-refractivity contribution >= 4 is 83.9 Å². The summed E-state index contributed by atoms with van der Waals surface area (Å²) in [6.45, 7) is 6.87. The average Bonchev–Trinajstić information content (AvgIpc) is 4.01. The maximum absolute atomic E-state index is 6.96. The smallest absolute Gasteiger partial charge is 0.170 e. The molecule has 0 saturated carbocycles. The van der Waals surface area contributed by atoms with Crippen molar-refractivity contribution in [3.63, 3.8) is 0 Å². The van der Waals surface area contributed by atoms with E-state index in [2.05, 4.69) is 166 Å². The lowest BCUT2D eigenvalue weighted by molar-refractivity contribution is -0.0730. The van der Waals surface area contributed by atoms with Crippen molar-refractivity contribution in [1.82, 2.24) is 5.06 Å². The molecule has 9 heteroatoms. The molecule has 1 atom stereocenters. The Morgan fingerprint density at radius 1 is 0.403 bits per heavy atom. The minimum absolute atomic E-state index is 0.194. The Kier molecular flexibility index (Phi) is 7.28. The predicted octanol–water partition coefficient (Wildman–Crippen LogP) is 11.0. The molecule has 0 spiro atoms. The summed E-state index contributed by atoms with van der Waals surface area (Å²) in [5.74, 6) is 3.89. The summed E-state index contributed by atoms with van der Waals surface area (Å²) in [7, 11) is 0. The molecule has 5 aliphatic rings. The van der Waals surface area contributed by atoms with Gasteiger partial charge in [-0.1, -0.05) is 118 Å². The van der Waals surface area contributed by atoms with Gasteiger partial charge in [-0.2, -0.15) is 5.06 Å². The molecule has 8 aromatic rings. The molecule has 0 aliphatic carbocycles. The van der Waals surface area contributed by atoms with E-state index >= 15 is 0 Å². The van der Waals surface area contributed by atoms with Crippen LogP contribution in [-0.4, -0.2) is 52.5 Å². The number of amidine groups is 7. The molecule has 8 bridgehead atoms. The van der Waals surface area contributed by atoms with E-state index in [0.717, 1.165) is 87.6 Å². The third kappa shape index (κ3) is 5.48. The Morgan fingerprint density at radius 3 is 1.16 bits per heavy atom. The lowest BCUT2D eigenvalue weighted by Gasteiger charge is -2.28. The number of aliphatic imine (C=N–C) groups is 7. The van der Waals surface area contributed by atoms with Crippen molar-refractivity contribution in [2.45, 2.75) is 26.9 Å². The SMILES string of the molecule is CC(C)(C)CON1C2=NC(=NC3=NC(=NC4N=C(N=C5N=C1c1cc6ccccc6cc15)c1cc5ccccc5cc14)c1cc4ccccc4cc13)c1cc3ccccc3cc12. The van der Waals surface area contributed by atoms with E-state index in [-0.39, 0.29) is 5.41 Å². The Morgan fingerprint density at radius 2 is 0.726 bits per heavy atom. The second-order valence-electron chi connectivity index (χ2n) is 17.6. The molecule has 0 aromatic heterocycles. The van der Waals surface area contributed by atoms with Crippen LogP contribution < -0.4 is 0 Å². The van der Waals surface area contributed by atoms with Crippen molar-refractivity contribution in [3.8, 4) is 0 Å². The number of rotatable bonds is 2. The van der Waals surface area contributed by atoms with Crippen molar-refractivity contribution in [2.75, 3.05) is 6.61 Å². The van der Waals surface area contributed by atoms with Gasteiger partial charge < -0.3 is 0 Å². The van der Waals surface area contributed by atoms with Gasteiger partial charge in [0.25, 0.3) is 0 Å². The number of fused-ring (bicyclic) bond motifs is 20. The van der Waals surface area contributed by atoms with Crippen LogP contribution in [0.25, 0.3) is 43.1 Å². The molecule has 1 unspecified atom stereocenters. The maximum atomic E-state index is 6.96. The minimum atomic E-state index is -0.609. The van der Waals surface area contributed by atoms with Crippen LogP contribution in [0.15, 0.2) is 181 Å². The largest absolute Gasteiger partial charge is 0.265 e. The fourth-order valence-electron chi connectivity index (χ4n) is 9.06. The highest BCUT2D eigenvalue weighted by molar-refractivity contribution is 6.35. The van der Waals surface area contributed by atoms with E-state index in [4.69, 9.17) is 39.8 Å². The van der Waals surface area contributed by atoms with Crippen LogP contribution in [-0.2, 0) is 4.84 Å². The summed E-state index contributed by atoms with van der Waals surface area (Å²) >= 11 is 0. The second kappa shape index (κ2) is 12.9. The third-order valence-corrected chi connectivity index (χ3v) is 12.1. The first-order chi connectivity index (χ1) is 30.3. The zero-order chi connectivity index (χ0) is 41.3. The molecule has 5 aliphatic heterocycles. The molecule has 13 rings (SSSR count). The van der Waals surface area contributed by atoms with E-state index in [1.54, 1.807) is 0 Å². The van der Waals surface area contributed by atoms with Crippen LogP contribution in [0.5, 0.6) is 0 Å². The topological polar surface area (TPSA) is 99.0 Å². The van der Waals surface area contributed by atoms with Crippen LogP contribution in [0.3, 0.4) is 0 Å². The maximum Gasteiger partial charge on any atom is 0.170 e. The molecule has 0 saturated heterocycles. The zero-order valence-electron chi connectivity index (χ0n) is 34.1. The first-order valence-electron chi connectivity index (χ1n) is 20.9. The highest BCUT2D eigenvalue weighted by Gasteiger charge is 2.38. The summed E-state index contributed by atoms with van der Waals surface area (Å²) in [6.07, 6.45) is -0.609. The summed E-state index contributed by atoms with van der Waals surface area (Å²) in [4.78, 5) is 44.5. The summed E-state index contributed by atoms with van der Waals surface area (Å²) in [5.41, 5.74) is 6.97. The lowest BCUT2D eigenvalue weighted by atomic mass is 9.98. The lowest BCUT2D eigenvalue weighted by Crippen LogP contribution is -2.39. The number of hydroxylamine groups is 2. The summed E-state index contributed by atoms with van der Waals surface area (Å²) < 4.78 is 0. The normalized spacial score (nSPS) is 17.2. The van der Waals surface area contributed by atoms with Crippen LogP contribution in [0.4, 0.5) is 0 Å². The van der Waals surface area contributed by atoms with Gasteiger partial charge in [-0.25, -0.2) is 34.9 Å². The first-order valence-corrected chi connectivity index (χ1v) is 20.9. The van der Waals surface area contributed by atoms with Gasteiger partial charge in [-0.15, -0.1) is 0 Å².